The van der Waals surface area contributed by atoms with Gasteiger partial charge in [-0.25, -0.2) is 0 Å². The first-order valence-electron chi connectivity index (χ1n) is 8.85. The van der Waals surface area contributed by atoms with Gasteiger partial charge in [0.1, 0.15) is 0 Å². The van der Waals surface area contributed by atoms with Crippen molar-refractivity contribution in [2.24, 2.45) is 0 Å². The summed E-state index contributed by atoms with van der Waals surface area (Å²) in [7, 11) is 3.35. The molecule has 128 valence electrons. The highest BCUT2D eigenvalue weighted by Gasteiger charge is 2.23. The van der Waals surface area contributed by atoms with E-state index < -0.39 is 0 Å². The van der Waals surface area contributed by atoms with Gasteiger partial charge in [-0.05, 0) is 50.3 Å². The molecule has 1 aliphatic carbocycles. The Morgan fingerprint density at radius 3 is 2.71 bits per heavy atom. The van der Waals surface area contributed by atoms with Crippen molar-refractivity contribution < 1.29 is 9.47 Å². The molecule has 2 aromatic rings. The van der Waals surface area contributed by atoms with Crippen molar-refractivity contribution in [3.8, 4) is 11.5 Å². The number of benzene rings is 1. The van der Waals surface area contributed by atoms with Crippen molar-refractivity contribution in [1.29, 1.82) is 0 Å². The average Bonchev–Trinajstić information content (AvgIpc) is 3.09. The van der Waals surface area contributed by atoms with Crippen molar-refractivity contribution in [2.75, 3.05) is 32.6 Å². The van der Waals surface area contributed by atoms with Crippen LogP contribution in [0.3, 0.4) is 0 Å². The Bertz CT molecular complexity index is 754. The minimum Gasteiger partial charge on any atom is -0.493 e. The third kappa shape index (κ3) is 2.67. The maximum absolute atomic E-state index is 5.52. The fourth-order valence-corrected chi connectivity index (χ4v) is 3.93. The summed E-state index contributed by atoms with van der Waals surface area (Å²) in [5.41, 5.74) is 4.86. The standard InChI is InChI=1S/C19H25N3O2/c1-23-17-9-14-16(10-18(17)24-2)22-15-7-3-6-13(15)19(14)21-12-5-4-8-20-11-12/h9-10,12,20H,3-8,11H2,1-2H3,(H,21,22)/t12-/m0/s1. The highest BCUT2D eigenvalue weighted by atomic mass is 16.5. The SMILES string of the molecule is COc1cc2nc3c(c(N[C@H]4CCCNC4)c2cc1OC)CCC3. The fraction of sp³-hybridized carbons (Fsp3) is 0.526. The van der Waals surface area contributed by atoms with E-state index in [-0.39, 0.29) is 0 Å². The molecule has 1 aliphatic heterocycles. The van der Waals surface area contributed by atoms with Gasteiger partial charge < -0.3 is 20.1 Å². The lowest BCUT2D eigenvalue weighted by atomic mass is 10.0. The number of piperidine rings is 1. The van der Waals surface area contributed by atoms with Crippen LogP contribution in [-0.2, 0) is 12.8 Å². The lowest BCUT2D eigenvalue weighted by molar-refractivity contribution is 0.356. The minimum absolute atomic E-state index is 0.474. The Labute approximate surface area is 142 Å². The number of hydrogen-bond donors (Lipinski definition) is 2. The number of anilines is 1. The molecular weight excluding hydrogens is 302 g/mol. The molecular formula is C19H25N3O2. The van der Waals surface area contributed by atoms with E-state index in [0.717, 1.165) is 48.3 Å². The van der Waals surface area contributed by atoms with Gasteiger partial charge in [0, 0.05) is 35.4 Å². The van der Waals surface area contributed by atoms with Gasteiger partial charge in [-0.1, -0.05) is 0 Å². The molecule has 1 aromatic carbocycles. The predicted molar refractivity (Wildman–Crippen MR) is 96.4 cm³/mol. The number of nitrogens with zero attached hydrogens (tertiary/aromatic N) is 1. The van der Waals surface area contributed by atoms with E-state index in [1.165, 1.54) is 36.2 Å². The maximum atomic E-state index is 5.52. The van der Waals surface area contributed by atoms with Crippen LogP contribution in [0.2, 0.25) is 0 Å². The Kier molecular flexibility index (Phi) is 4.19. The molecule has 1 fully saturated rings. The third-order valence-electron chi connectivity index (χ3n) is 5.16. The van der Waals surface area contributed by atoms with E-state index in [0.29, 0.717) is 6.04 Å². The number of rotatable bonds is 4. The normalized spacial score (nSPS) is 20.0. The molecule has 0 spiro atoms. The smallest absolute Gasteiger partial charge is 0.162 e. The van der Waals surface area contributed by atoms with Gasteiger partial charge in [-0.3, -0.25) is 4.98 Å². The highest BCUT2D eigenvalue weighted by Crippen LogP contribution is 2.39. The largest absolute Gasteiger partial charge is 0.493 e. The van der Waals surface area contributed by atoms with E-state index in [9.17, 15) is 0 Å². The van der Waals surface area contributed by atoms with Crippen molar-refractivity contribution in [3.63, 3.8) is 0 Å². The maximum Gasteiger partial charge on any atom is 0.162 e. The lowest BCUT2D eigenvalue weighted by Gasteiger charge is -2.27. The Balaban J connectivity index is 1.85. The van der Waals surface area contributed by atoms with Crippen LogP contribution in [0.1, 0.15) is 30.5 Å². The van der Waals surface area contributed by atoms with Crippen molar-refractivity contribution >= 4 is 16.6 Å². The van der Waals surface area contributed by atoms with E-state index in [1.54, 1.807) is 14.2 Å². The molecule has 0 saturated carbocycles. The highest BCUT2D eigenvalue weighted by molar-refractivity contribution is 5.96. The van der Waals surface area contributed by atoms with Crippen molar-refractivity contribution in [2.45, 2.75) is 38.1 Å². The summed E-state index contributed by atoms with van der Waals surface area (Å²) in [6.07, 6.45) is 5.79. The van der Waals surface area contributed by atoms with Gasteiger partial charge in [0.15, 0.2) is 11.5 Å². The minimum atomic E-state index is 0.474. The van der Waals surface area contributed by atoms with Crippen LogP contribution in [0, 0.1) is 0 Å². The van der Waals surface area contributed by atoms with Gasteiger partial charge in [-0.2, -0.15) is 0 Å². The molecule has 2 aliphatic rings. The van der Waals surface area contributed by atoms with E-state index in [4.69, 9.17) is 14.5 Å². The van der Waals surface area contributed by atoms with Crippen molar-refractivity contribution in [3.05, 3.63) is 23.4 Å². The Hall–Kier alpha value is -2.01. The Morgan fingerprint density at radius 1 is 1.12 bits per heavy atom. The van der Waals surface area contributed by atoms with E-state index >= 15 is 0 Å². The number of ether oxygens (including phenoxy) is 2. The summed E-state index contributed by atoms with van der Waals surface area (Å²) < 4.78 is 11.0. The third-order valence-corrected chi connectivity index (χ3v) is 5.16. The summed E-state index contributed by atoms with van der Waals surface area (Å²) in [5, 5.41) is 8.44. The number of aryl methyl sites for hydroxylation is 1. The number of aromatic nitrogens is 1. The van der Waals surface area contributed by atoms with E-state index in [2.05, 4.69) is 16.7 Å². The van der Waals surface area contributed by atoms with Crippen LogP contribution in [0.15, 0.2) is 12.1 Å². The topological polar surface area (TPSA) is 55.4 Å². The number of pyridine rings is 1. The number of nitrogens with one attached hydrogen (secondary N) is 2. The second kappa shape index (κ2) is 6.48. The van der Waals surface area contributed by atoms with Gasteiger partial charge in [0.2, 0.25) is 0 Å². The Morgan fingerprint density at radius 2 is 1.96 bits per heavy atom. The number of methoxy groups -OCH3 is 2. The van der Waals surface area contributed by atoms with Crippen LogP contribution < -0.4 is 20.1 Å². The quantitative estimate of drug-likeness (QED) is 0.904. The lowest BCUT2D eigenvalue weighted by Crippen LogP contribution is -2.38. The van der Waals surface area contributed by atoms with Gasteiger partial charge in [0.05, 0.1) is 19.7 Å². The van der Waals surface area contributed by atoms with Gasteiger partial charge >= 0.3 is 0 Å². The summed E-state index contributed by atoms with van der Waals surface area (Å²) in [4.78, 5) is 4.90. The van der Waals surface area contributed by atoms with E-state index in [1.807, 2.05) is 6.07 Å². The predicted octanol–water partition coefficient (Wildman–Crippen LogP) is 2.90. The van der Waals surface area contributed by atoms with Crippen LogP contribution >= 0.6 is 0 Å². The number of fused-ring (bicyclic) bond motifs is 2. The summed E-state index contributed by atoms with van der Waals surface area (Å²) in [6, 6.07) is 4.54. The number of hydrogen-bond acceptors (Lipinski definition) is 5. The summed E-state index contributed by atoms with van der Waals surface area (Å²) in [6.45, 7) is 2.14. The molecule has 0 radical (unpaired) electrons. The molecule has 1 saturated heterocycles. The zero-order valence-electron chi connectivity index (χ0n) is 14.4. The van der Waals surface area contributed by atoms with Gasteiger partial charge in [-0.15, -0.1) is 0 Å². The first-order valence-corrected chi connectivity index (χ1v) is 8.85. The molecule has 4 rings (SSSR count). The first-order chi connectivity index (χ1) is 11.8. The molecule has 0 bridgehead atoms. The second-order valence-electron chi connectivity index (χ2n) is 6.68. The van der Waals surface area contributed by atoms with Crippen LogP contribution in [0.25, 0.3) is 10.9 Å². The zero-order chi connectivity index (χ0) is 16.5. The molecule has 0 unspecified atom stereocenters. The second-order valence-corrected chi connectivity index (χ2v) is 6.68. The van der Waals surface area contributed by atoms with Gasteiger partial charge in [0.25, 0.3) is 0 Å². The summed E-state index contributed by atoms with van der Waals surface area (Å²) >= 11 is 0. The molecule has 1 atom stereocenters. The van der Waals surface area contributed by atoms with Crippen LogP contribution in [-0.4, -0.2) is 38.3 Å². The van der Waals surface area contributed by atoms with Crippen LogP contribution in [0.5, 0.6) is 11.5 Å². The molecule has 0 amide bonds. The molecule has 2 heterocycles. The summed E-state index contributed by atoms with van der Waals surface area (Å²) in [5.74, 6) is 1.50. The fourth-order valence-electron chi connectivity index (χ4n) is 3.93. The molecule has 1 aromatic heterocycles. The monoisotopic (exact) mass is 327 g/mol. The zero-order valence-corrected chi connectivity index (χ0v) is 14.4. The van der Waals surface area contributed by atoms with Crippen molar-refractivity contribution in [1.82, 2.24) is 10.3 Å². The van der Waals surface area contributed by atoms with Crippen LogP contribution in [0.4, 0.5) is 5.69 Å². The molecule has 5 heteroatoms. The average molecular weight is 327 g/mol. The molecule has 24 heavy (non-hydrogen) atoms. The first kappa shape index (κ1) is 15.5. The molecule has 2 N–H and O–H groups in total. The molecule has 5 nitrogen and oxygen atoms in total.